The molecule has 6 heteroatoms. The van der Waals surface area contributed by atoms with Gasteiger partial charge in [0.1, 0.15) is 0 Å². The van der Waals surface area contributed by atoms with Gasteiger partial charge in [0.2, 0.25) is 5.69 Å². The van der Waals surface area contributed by atoms with Crippen LogP contribution in [0.2, 0.25) is 0 Å². The molecule has 0 heterocycles. The van der Waals surface area contributed by atoms with Gasteiger partial charge in [-0.2, -0.15) is 0 Å². The average Bonchev–Trinajstić information content (AvgIpc) is 2.45. The van der Waals surface area contributed by atoms with Gasteiger partial charge in [0, 0.05) is 10.1 Å². The maximum absolute atomic E-state index is 5.71. The standard InChI is InChI=1S/C11H22BrO2PS2/c1-3-13-15(16,14-4-2)17-11-9-7-5-6-8-10(11)12/h10-11H,3-9H2,1-2H3/t10-,11+/m1/s1. The molecule has 0 aromatic rings. The Kier molecular flexibility index (Phi) is 8.27. The molecular formula is C11H22BrO2PS2. The van der Waals surface area contributed by atoms with E-state index < -0.39 is 5.69 Å². The summed E-state index contributed by atoms with van der Waals surface area (Å²) in [4.78, 5) is 0.554. The van der Waals surface area contributed by atoms with E-state index in [9.17, 15) is 0 Å². The van der Waals surface area contributed by atoms with E-state index in [1.165, 1.54) is 32.1 Å². The number of rotatable bonds is 6. The van der Waals surface area contributed by atoms with Gasteiger partial charge in [0.15, 0.2) is 0 Å². The number of alkyl halides is 1. The van der Waals surface area contributed by atoms with Crippen molar-refractivity contribution in [2.45, 2.75) is 56.0 Å². The monoisotopic (exact) mass is 360 g/mol. The molecule has 1 aliphatic carbocycles. The van der Waals surface area contributed by atoms with Gasteiger partial charge in [-0.3, -0.25) is 0 Å². The highest BCUT2D eigenvalue weighted by molar-refractivity contribution is 9.09. The van der Waals surface area contributed by atoms with Crippen molar-refractivity contribution in [2.24, 2.45) is 0 Å². The van der Waals surface area contributed by atoms with Crippen molar-refractivity contribution in [1.29, 1.82) is 0 Å². The third-order valence-electron chi connectivity index (χ3n) is 2.71. The van der Waals surface area contributed by atoms with E-state index in [0.29, 0.717) is 23.3 Å². The Labute approximate surface area is 123 Å². The fraction of sp³-hybridized carbons (Fsp3) is 1.00. The van der Waals surface area contributed by atoms with Crippen LogP contribution in [0.15, 0.2) is 0 Å². The van der Waals surface area contributed by atoms with E-state index >= 15 is 0 Å². The average molecular weight is 361 g/mol. The van der Waals surface area contributed by atoms with Crippen LogP contribution in [-0.4, -0.2) is 23.3 Å². The highest BCUT2D eigenvalue weighted by Gasteiger charge is 2.30. The molecule has 17 heavy (non-hydrogen) atoms. The van der Waals surface area contributed by atoms with E-state index in [-0.39, 0.29) is 0 Å². The fourth-order valence-electron chi connectivity index (χ4n) is 1.93. The normalized spacial score (nSPS) is 26.8. The lowest BCUT2D eigenvalue weighted by atomic mass is 10.2. The van der Waals surface area contributed by atoms with Crippen LogP contribution in [-0.2, 0) is 20.9 Å². The number of hydrogen-bond acceptors (Lipinski definition) is 4. The third-order valence-corrected chi connectivity index (χ3v) is 10.0. The first-order chi connectivity index (χ1) is 8.11. The van der Waals surface area contributed by atoms with Gasteiger partial charge < -0.3 is 9.05 Å². The molecule has 0 bridgehead atoms. The minimum Gasteiger partial charge on any atom is -0.322 e. The Morgan fingerprint density at radius 1 is 1.18 bits per heavy atom. The van der Waals surface area contributed by atoms with Crippen LogP contribution in [0.25, 0.3) is 0 Å². The van der Waals surface area contributed by atoms with Gasteiger partial charge in [-0.1, -0.05) is 46.6 Å². The zero-order chi connectivity index (χ0) is 12.7. The topological polar surface area (TPSA) is 18.5 Å². The number of halogens is 1. The molecule has 1 saturated carbocycles. The van der Waals surface area contributed by atoms with Crippen LogP contribution < -0.4 is 0 Å². The van der Waals surface area contributed by atoms with Crippen molar-refractivity contribution in [1.82, 2.24) is 0 Å². The smallest absolute Gasteiger partial charge is 0.247 e. The lowest BCUT2D eigenvalue weighted by Gasteiger charge is -2.27. The molecule has 0 radical (unpaired) electrons. The minimum atomic E-state index is -2.12. The van der Waals surface area contributed by atoms with E-state index in [0.717, 1.165) is 0 Å². The summed E-state index contributed by atoms with van der Waals surface area (Å²) < 4.78 is 11.4. The van der Waals surface area contributed by atoms with Crippen molar-refractivity contribution >= 4 is 44.8 Å². The lowest BCUT2D eigenvalue weighted by molar-refractivity contribution is 0.280. The summed E-state index contributed by atoms with van der Waals surface area (Å²) in [7, 11) is 0. The Morgan fingerprint density at radius 2 is 1.76 bits per heavy atom. The summed E-state index contributed by atoms with van der Waals surface area (Å²) >= 11 is 11.2. The molecule has 0 aromatic carbocycles. The fourth-order valence-corrected chi connectivity index (χ4v) is 9.42. The Hall–Kier alpha value is 1.40. The van der Waals surface area contributed by atoms with Gasteiger partial charge in [0.25, 0.3) is 0 Å². The molecular weight excluding hydrogens is 339 g/mol. The minimum absolute atomic E-state index is 0.543. The highest BCUT2D eigenvalue weighted by atomic mass is 79.9. The van der Waals surface area contributed by atoms with Gasteiger partial charge in [-0.25, -0.2) is 0 Å². The van der Waals surface area contributed by atoms with Crippen LogP contribution >= 0.6 is 33.0 Å². The molecule has 1 aliphatic rings. The van der Waals surface area contributed by atoms with Crippen LogP contribution in [0, 0.1) is 0 Å². The maximum atomic E-state index is 5.71. The van der Waals surface area contributed by atoms with Crippen LogP contribution in [0.5, 0.6) is 0 Å². The summed E-state index contributed by atoms with van der Waals surface area (Å²) in [6.45, 7) is 5.26. The van der Waals surface area contributed by atoms with Gasteiger partial charge in [-0.15, -0.1) is 0 Å². The number of hydrogen-bond donors (Lipinski definition) is 0. The molecule has 0 amide bonds. The quantitative estimate of drug-likeness (QED) is 0.371. The summed E-state index contributed by atoms with van der Waals surface area (Å²) in [5.41, 5.74) is -2.12. The first kappa shape index (κ1) is 16.5. The van der Waals surface area contributed by atoms with Gasteiger partial charge >= 0.3 is 0 Å². The molecule has 1 rings (SSSR count). The predicted octanol–water partition coefficient (Wildman–Crippen LogP) is 5.11. The molecule has 0 aromatic heterocycles. The zero-order valence-electron chi connectivity index (χ0n) is 10.6. The molecule has 0 aliphatic heterocycles. The molecule has 0 unspecified atom stereocenters. The van der Waals surface area contributed by atoms with E-state index in [1.54, 1.807) is 11.4 Å². The van der Waals surface area contributed by atoms with Crippen molar-refractivity contribution in [2.75, 3.05) is 13.2 Å². The largest absolute Gasteiger partial charge is 0.322 e. The summed E-state index contributed by atoms with van der Waals surface area (Å²) in [5.74, 6) is 0. The zero-order valence-corrected chi connectivity index (χ0v) is 14.7. The Morgan fingerprint density at radius 3 is 2.35 bits per heavy atom. The second-order valence-electron chi connectivity index (χ2n) is 4.08. The molecule has 1 fully saturated rings. The second-order valence-corrected chi connectivity index (χ2v) is 11.7. The van der Waals surface area contributed by atoms with Crippen LogP contribution in [0.3, 0.4) is 0 Å². The van der Waals surface area contributed by atoms with Gasteiger partial charge in [-0.05, 0) is 38.5 Å². The molecule has 2 atom stereocenters. The third kappa shape index (κ3) is 5.92. The van der Waals surface area contributed by atoms with Crippen LogP contribution in [0.1, 0.15) is 46.0 Å². The molecule has 102 valence electrons. The second kappa shape index (κ2) is 8.55. The van der Waals surface area contributed by atoms with E-state index in [2.05, 4.69) is 15.9 Å². The van der Waals surface area contributed by atoms with Crippen LogP contribution in [0.4, 0.5) is 0 Å². The van der Waals surface area contributed by atoms with Crippen molar-refractivity contribution in [3.05, 3.63) is 0 Å². The lowest BCUT2D eigenvalue weighted by Crippen LogP contribution is -2.15. The van der Waals surface area contributed by atoms with Crippen molar-refractivity contribution < 1.29 is 9.05 Å². The molecule has 0 saturated heterocycles. The Bertz CT molecular complexity index is 256. The van der Waals surface area contributed by atoms with E-state index in [4.69, 9.17) is 20.9 Å². The molecule has 2 nitrogen and oxygen atoms in total. The maximum Gasteiger partial charge on any atom is 0.247 e. The Balaban J connectivity index is 2.60. The first-order valence-electron chi connectivity index (χ1n) is 6.33. The SMILES string of the molecule is CCOP(=S)(OCC)S[C@H]1CCCCC[C@H]1Br. The first-order valence-corrected chi connectivity index (χ1v) is 11.4. The molecule has 0 spiro atoms. The summed E-state index contributed by atoms with van der Waals surface area (Å²) in [6.07, 6.45) is 6.42. The summed E-state index contributed by atoms with van der Waals surface area (Å²) in [5, 5.41) is 0.543. The molecule has 0 N–H and O–H groups in total. The highest BCUT2D eigenvalue weighted by Crippen LogP contribution is 2.64. The summed E-state index contributed by atoms with van der Waals surface area (Å²) in [6, 6.07) is 0. The van der Waals surface area contributed by atoms with E-state index in [1.807, 2.05) is 13.8 Å². The predicted molar refractivity (Wildman–Crippen MR) is 84.7 cm³/mol. The van der Waals surface area contributed by atoms with Gasteiger partial charge in [0.05, 0.1) is 13.2 Å². The van der Waals surface area contributed by atoms with Crippen molar-refractivity contribution in [3.8, 4) is 0 Å². The van der Waals surface area contributed by atoms with Crippen molar-refractivity contribution in [3.63, 3.8) is 0 Å².